The molecule has 0 bridgehead atoms. The summed E-state index contributed by atoms with van der Waals surface area (Å²) in [5.74, 6) is 1.24. The molecule has 46 heavy (non-hydrogen) atoms. The number of rotatable bonds is 8. The van der Waals surface area contributed by atoms with Gasteiger partial charge in [-0.2, -0.15) is 5.26 Å². The number of ether oxygens (including phenoxy) is 2. The highest BCUT2D eigenvalue weighted by atomic mass is 16.5. The van der Waals surface area contributed by atoms with Gasteiger partial charge < -0.3 is 20.1 Å². The van der Waals surface area contributed by atoms with E-state index < -0.39 is 5.54 Å². The maximum absolute atomic E-state index is 14.2. The normalized spacial score (nSPS) is 19.3. The van der Waals surface area contributed by atoms with E-state index in [1.165, 1.54) is 0 Å². The average Bonchev–Trinajstić information content (AvgIpc) is 3.68. The Kier molecular flexibility index (Phi) is 8.67. The van der Waals surface area contributed by atoms with Crippen LogP contribution in [-0.2, 0) is 9.53 Å². The van der Waals surface area contributed by atoms with Crippen LogP contribution in [0.2, 0.25) is 0 Å². The number of benzene rings is 2. The summed E-state index contributed by atoms with van der Waals surface area (Å²) in [5.41, 5.74) is 7.39. The number of imidazole rings is 1. The van der Waals surface area contributed by atoms with Crippen LogP contribution in [0.5, 0.6) is 11.5 Å². The predicted octanol–water partition coefficient (Wildman–Crippen LogP) is 5.02. The second kappa shape index (κ2) is 12.8. The first-order valence-corrected chi connectivity index (χ1v) is 15.6. The number of nitriles is 1. The van der Waals surface area contributed by atoms with Crippen molar-refractivity contribution in [1.29, 1.82) is 5.26 Å². The van der Waals surface area contributed by atoms with Crippen LogP contribution >= 0.6 is 0 Å². The fourth-order valence-electron chi connectivity index (χ4n) is 6.81. The largest absolute Gasteiger partial charge is 0.457 e. The van der Waals surface area contributed by atoms with E-state index in [1.807, 2.05) is 56.3 Å². The maximum atomic E-state index is 14.2. The number of hydrogen-bond donors (Lipinski definition) is 1. The Bertz CT molecular complexity index is 1850. The van der Waals surface area contributed by atoms with Gasteiger partial charge in [-0.05, 0) is 88.1 Å². The molecule has 2 aliphatic heterocycles. The molecule has 2 saturated heterocycles. The lowest BCUT2D eigenvalue weighted by atomic mass is 9.97. The van der Waals surface area contributed by atoms with E-state index in [1.54, 1.807) is 51.6 Å². The lowest BCUT2D eigenvalue weighted by Gasteiger charge is -2.37. The van der Waals surface area contributed by atoms with Gasteiger partial charge in [-0.15, -0.1) is 0 Å². The summed E-state index contributed by atoms with van der Waals surface area (Å²) in [6, 6.07) is 20.3. The number of nitrogen functional groups attached to an aromatic ring is 1. The molecular formula is C35H39N7O4. The fraction of sp³-hybridized carbons (Fsp3) is 0.371. The first kappa shape index (κ1) is 31.1. The molecule has 1 amide bonds. The summed E-state index contributed by atoms with van der Waals surface area (Å²) in [5, 5.41) is 10.1. The Morgan fingerprint density at radius 3 is 2.48 bits per heavy atom. The zero-order valence-electron chi connectivity index (χ0n) is 26.4. The minimum Gasteiger partial charge on any atom is -0.457 e. The minimum atomic E-state index is -0.552. The molecule has 2 aromatic heterocycles. The predicted molar refractivity (Wildman–Crippen MR) is 176 cm³/mol. The maximum Gasteiger partial charge on any atom is 0.334 e. The van der Waals surface area contributed by atoms with Gasteiger partial charge in [-0.1, -0.05) is 18.2 Å². The third kappa shape index (κ3) is 5.89. The summed E-state index contributed by atoms with van der Waals surface area (Å²) in [7, 11) is 1.69. The number of carbonyl (C=O) groups excluding carboxylic acids is 1. The molecule has 11 nitrogen and oxygen atoms in total. The van der Waals surface area contributed by atoms with E-state index >= 15 is 0 Å². The number of fused-ring (bicyclic) bond motifs is 1. The third-order valence-corrected chi connectivity index (χ3v) is 8.99. The lowest BCUT2D eigenvalue weighted by Crippen LogP contribution is -2.47. The highest BCUT2D eigenvalue weighted by molar-refractivity contribution is 5.97. The highest BCUT2D eigenvalue weighted by Gasteiger charge is 2.37. The molecule has 2 N–H and O–H groups in total. The van der Waals surface area contributed by atoms with Crippen molar-refractivity contribution in [2.45, 2.75) is 57.3 Å². The monoisotopic (exact) mass is 621 g/mol. The molecule has 0 radical (unpaired) electrons. The van der Waals surface area contributed by atoms with E-state index in [0.717, 1.165) is 19.4 Å². The van der Waals surface area contributed by atoms with Gasteiger partial charge in [-0.3, -0.25) is 18.8 Å². The zero-order chi connectivity index (χ0) is 32.4. The second-order valence-electron chi connectivity index (χ2n) is 12.4. The molecule has 2 atom stereocenters. The number of piperidine rings is 1. The molecular weight excluding hydrogens is 582 g/mol. The Morgan fingerprint density at radius 2 is 1.76 bits per heavy atom. The minimum absolute atomic E-state index is 0.0561. The smallest absolute Gasteiger partial charge is 0.334 e. The number of nitrogens with zero attached hydrogens (tertiary/aromatic N) is 6. The van der Waals surface area contributed by atoms with E-state index in [-0.39, 0.29) is 41.8 Å². The van der Waals surface area contributed by atoms with E-state index in [0.29, 0.717) is 47.6 Å². The summed E-state index contributed by atoms with van der Waals surface area (Å²) in [6.45, 7) is 5.61. The van der Waals surface area contributed by atoms with Crippen LogP contribution in [0.15, 0.2) is 83.3 Å². The number of carbonyl (C=O) groups is 1. The molecule has 0 spiro atoms. The molecule has 0 saturated carbocycles. The fourth-order valence-corrected chi connectivity index (χ4v) is 6.81. The standard InChI is InChI=1S/C35H39N7O4/c1-35(2,40-20-8-12-30(40)45-3)21-24(22-36)33(43)39-19-7-9-26(23-39)41-29-17-18-38-32(37)31(29)42(34(41)44)25-13-15-28(16-14-25)46-27-10-5-4-6-11-27/h4-6,10-11,13-18,21,26,30H,7-9,12,19-20,23H2,1-3H3,(H2,37,38)/b24-21-/t26-,30+/m1/s1. The van der Waals surface area contributed by atoms with Gasteiger partial charge in [0.1, 0.15) is 40.7 Å². The molecule has 6 rings (SSSR count). The molecule has 4 aromatic rings. The lowest BCUT2D eigenvalue weighted by molar-refractivity contribution is -0.128. The molecule has 0 aliphatic carbocycles. The van der Waals surface area contributed by atoms with Crippen molar-refractivity contribution in [3.63, 3.8) is 0 Å². The van der Waals surface area contributed by atoms with Gasteiger partial charge in [0.2, 0.25) is 0 Å². The third-order valence-electron chi connectivity index (χ3n) is 8.99. The highest BCUT2D eigenvalue weighted by Crippen LogP contribution is 2.32. The summed E-state index contributed by atoms with van der Waals surface area (Å²) < 4.78 is 14.9. The molecule has 11 heteroatoms. The Hall–Kier alpha value is -4.92. The molecule has 238 valence electrons. The van der Waals surface area contributed by atoms with Gasteiger partial charge >= 0.3 is 5.69 Å². The van der Waals surface area contributed by atoms with Crippen LogP contribution < -0.4 is 16.2 Å². The summed E-state index contributed by atoms with van der Waals surface area (Å²) in [6.07, 6.45) is 6.56. The van der Waals surface area contributed by atoms with Crippen molar-refractivity contribution in [2.24, 2.45) is 0 Å². The van der Waals surface area contributed by atoms with Gasteiger partial charge in [0.25, 0.3) is 5.91 Å². The summed E-state index contributed by atoms with van der Waals surface area (Å²) in [4.78, 5) is 36.1. The molecule has 0 unspecified atom stereocenters. The van der Waals surface area contributed by atoms with Crippen molar-refractivity contribution in [1.82, 2.24) is 23.9 Å². The van der Waals surface area contributed by atoms with Crippen LogP contribution in [0.3, 0.4) is 0 Å². The van der Waals surface area contributed by atoms with Gasteiger partial charge in [0.05, 0.1) is 17.2 Å². The van der Waals surface area contributed by atoms with Crippen molar-refractivity contribution in [3.05, 3.63) is 89.0 Å². The van der Waals surface area contributed by atoms with Gasteiger partial charge in [-0.25, -0.2) is 9.78 Å². The first-order valence-electron chi connectivity index (χ1n) is 15.6. The van der Waals surface area contributed by atoms with Crippen LogP contribution in [0, 0.1) is 11.3 Å². The van der Waals surface area contributed by atoms with Gasteiger partial charge in [0.15, 0.2) is 0 Å². The topological polar surface area (TPSA) is 132 Å². The average molecular weight is 622 g/mol. The molecule has 2 aromatic carbocycles. The number of hydrogen-bond acceptors (Lipinski definition) is 8. The first-order chi connectivity index (χ1) is 22.2. The zero-order valence-corrected chi connectivity index (χ0v) is 26.4. The SMILES string of the molecule is CO[C@H]1CCCN1C(C)(C)/C=C(/C#N)C(=O)N1CCC[C@@H](n2c(=O)n(-c3ccc(Oc4ccccc4)cc3)c3c(N)nccc32)C1. The van der Waals surface area contributed by atoms with Gasteiger partial charge in [0, 0.05) is 38.5 Å². The number of nitrogens with two attached hydrogens (primary N) is 1. The number of methoxy groups -OCH3 is 1. The molecule has 2 aliphatic rings. The summed E-state index contributed by atoms with van der Waals surface area (Å²) >= 11 is 0. The Morgan fingerprint density at radius 1 is 1.04 bits per heavy atom. The van der Waals surface area contributed by atoms with Crippen molar-refractivity contribution >= 4 is 22.8 Å². The Balaban J connectivity index is 1.30. The van der Waals surface area contributed by atoms with Crippen LogP contribution in [0.4, 0.5) is 5.82 Å². The van der Waals surface area contributed by atoms with Crippen molar-refractivity contribution in [3.8, 4) is 23.3 Å². The number of anilines is 1. The van der Waals surface area contributed by atoms with Crippen LogP contribution in [0.1, 0.15) is 45.6 Å². The van der Waals surface area contributed by atoms with Crippen LogP contribution in [-0.4, -0.2) is 68.3 Å². The Labute approximate surface area is 268 Å². The number of pyridine rings is 1. The van der Waals surface area contributed by atoms with Crippen molar-refractivity contribution in [2.75, 3.05) is 32.5 Å². The number of para-hydroxylation sites is 1. The quantitative estimate of drug-likeness (QED) is 0.214. The molecule has 2 fully saturated rings. The number of likely N-dealkylation sites (tertiary alicyclic amines) is 2. The van der Waals surface area contributed by atoms with Crippen molar-refractivity contribution < 1.29 is 14.3 Å². The van der Waals surface area contributed by atoms with E-state index in [4.69, 9.17) is 15.2 Å². The van der Waals surface area contributed by atoms with E-state index in [2.05, 4.69) is 16.0 Å². The molecule has 4 heterocycles. The van der Waals surface area contributed by atoms with Crippen LogP contribution in [0.25, 0.3) is 16.7 Å². The number of amides is 1. The number of aromatic nitrogens is 3. The van der Waals surface area contributed by atoms with E-state index in [9.17, 15) is 14.9 Å². The second-order valence-corrected chi connectivity index (χ2v) is 12.4.